The largest absolute Gasteiger partial charge is 0.384 e. The third-order valence-corrected chi connectivity index (χ3v) is 4.77. The molecular weight excluding hydrogens is 354 g/mol. The number of hydrogen-bond donors (Lipinski definition) is 3. The van der Waals surface area contributed by atoms with Gasteiger partial charge in [0.1, 0.15) is 11.6 Å². The van der Waals surface area contributed by atoms with Crippen LogP contribution in [0.5, 0.6) is 0 Å². The van der Waals surface area contributed by atoms with Gasteiger partial charge in [0.25, 0.3) is 0 Å². The van der Waals surface area contributed by atoms with Crippen molar-refractivity contribution in [2.24, 2.45) is 0 Å². The number of nitrogens with two attached hydrogens (primary N) is 2. The predicted octanol–water partition coefficient (Wildman–Crippen LogP) is 0.00292. The predicted molar refractivity (Wildman–Crippen MR) is 100 cm³/mol. The second kappa shape index (κ2) is 7.65. The zero-order valence-electron chi connectivity index (χ0n) is 14.2. The fraction of sp³-hybridized carbons (Fsp3) is 0.312. The van der Waals surface area contributed by atoms with E-state index >= 15 is 0 Å². The first-order chi connectivity index (χ1) is 12.4. The van der Waals surface area contributed by atoms with Gasteiger partial charge in [0, 0.05) is 37.9 Å². The van der Waals surface area contributed by atoms with Crippen molar-refractivity contribution in [3.05, 3.63) is 35.2 Å². The van der Waals surface area contributed by atoms with Crippen molar-refractivity contribution < 1.29 is 8.76 Å². The highest BCUT2D eigenvalue weighted by molar-refractivity contribution is 7.76. The summed E-state index contributed by atoms with van der Waals surface area (Å²) in [5, 5.41) is 0. The summed E-state index contributed by atoms with van der Waals surface area (Å²) in [5.74, 6) is 7.38. The first-order valence-corrected chi connectivity index (χ1v) is 8.99. The maximum atomic E-state index is 11.2. The second-order valence-corrected chi connectivity index (χ2v) is 6.71. The average Bonchev–Trinajstić information content (AvgIpc) is 2.62. The topological polar surface area (TPSA) is 134 Å². The van der Waals surface area contributed by atoms with Crippen molar-refractivity contribution in [2.45, 2.75) is 6.92 Å². The minimum absolute atomic E-state index is 0.172. The van der Waals surface area contributed by atoms with Crippen molar-refractivity contribution in [2.75, 3.05) is 42.5 Å². The fourth-order valence-corrected chi connectivity index (χ4v) is 3.10. The quantitative estimate of drug-likeness (QED) is 0.495. The fourth-order valence-electron chi connectivity index (χ4n) is 2.62. The van der Waals surface area contributed by atoms with Gasteiger partial charge in [0.15, 0.2) is 0 Å². The molecule has 0 spiro atoms. The lowest BCUT2D eigenvalue weighted by Crippen LogP contribution is -2.47. The first kappa shape index (κ1) is 18.1. The van der Waals surface area contributed by atoms with Gasteiger partial charge in [-0.3, -0.25) is 4.55 Å². The summed E-state index contributed by atoms with van der Waals surface area (Å²) < 4.78 is 21.9. The molecule has 1 unspecified atom stereocenters. The van der Waals surface area contributed by atoms with E-state index in [0.717, 1.165) is 5.56 Å². The highest BCUT2D eigenvalue weighted by Gasteiger charge is 2.24. The van der Waals surface area contributed by atoms with Crippen LogP contribution in [-0.2, 0) is 11.3 Å². The van der Waals surface area contributed by atoms with E-state index in [2.05, 4.69) is 26.8 Å². The minimum Gasteiger partial charge on any atom is -0.384 e. The minimum atomic E-state index is -1.96. The molecule has 3 rings (SSSR count). The van der Waals surface area contributed by atoms with E-state index in [9.17, 15) is 8.76 Å². The molecule has 3 heterocycles. The smallest absolute Gasteiger partial charge is 0.234 e. The van der Waals surface area contributed by atoms with E-state index < -0.39 is 11.3 Å². The molecule has 26 heavy (non-hydrogen) atoms. The summed E-state index contributed by atoms with van der Waals surface area (Å²) >= 11 is -1.96. The summed E-state index contributed by atoms with van der Waals surface area (Å²) in [6.45, 7) is 3.80. The second-order valence-electron chi connectivity index (χ2n) is 5.73. The molecule has 1 atom stereocenters. The Bertz CT molecular complexity index is 884. The van der Waals surface area contributed by atoms with Crippen LogP contribution in [-0.4, -0.2) is 54.2 Å². The molecular formula is C16H19N7O2S. The molecule has 5 N–H and O–H groups in total. The first-order valence-electron chi connectivity index (χ1n) is 7.92. The van der Waals surface area contributed by atoms with Gasteiger partial charge >= 0.3 is 0 Å². The van der Waals surface area contributed by atoms with Crippen LogP contribution < -0.4 is 16.4 Å². The van der Waals surface area contributed by atoms with Crippen LogP contribution >= 0.6 is 0 Å². The number of nitrogen functional groups attached to an aromatic ring is 2. The third kappa shape index (κ3) is 4.08. The molecule has 1 aliphatic rings. The maximum Gasteiger partial charge on any atom is 0.234 e. The molecule has 0 radical (unpaired) electrons. The Balaban J connectivity index is 1.91. The molecule has 2 aromatic rings. The average molecular weight is 373 g/mol. The van der Waals surface area contributed by atoms with Crippen molar-refractivity contribution in [1.29, 1.82) is 0 Å². The van der Waals surface area contributed by atoms with Gasteiger partial charge in [-0.15, -0.1) is 0 Å². The SMILES string of the molecule is Cc1nc(N)nc(N2CCN(S(=O)O)CC2)c1C#Cc1ccc(N)nc1. The zero-order valence-corrected chi connectivity index (χ0v) is 15.0. The Morgan fingerprint density at radius 1 is 1.15 bits per heavy atom. The molecule has 0 aliphatic carbocycles. The lowest BCUT2D eigenvalue weighted by Gasteiger charge is -2.33. The molecule has 136 valence electrons. The van der Waals surface area contributed by atoms with E-state index in [1.54, 1.807) is 18.3 Å². The standard InChI is InChI=1S/C16H19N7O2S/c1-11-13(4-2-12-3-5-14(17)19-10-12)15(21-16(18)20-11)22-6-8-23(9-7-22)26(24)25/h3,5,10H,6-9H2,1H3,(H2,17,19)(H,24,25)(H2,18,20,21). The van der Waals surface area contributed by atoms with Gasteiger partial charge in [-0.1, -0.05) is 11.8 Å². The molecule has 0 aromatic carbocycles. The van der Waals surface area contributed by atoms with Crippen molar-refractivity contribution >= 4 is 28.9 Å². The summed E-state index contributed by atoms with van der Waals surface area (Å²) in [4.78, 5) is 14.6. The van der Waals surface area contributed by atoms with E-state index in [4.69, 9.17) is 11.5 Å². The zero-order chi connectivity index (χ0) is 18.7. The number of anilines is 3. The van der Waals surface area contributed by atoms with E-state index in [1.165, 1.54) is 4.31 Å². The number of pyridine rings is 1. The lowest BCUT2D eigenvalue weighted by atomic mass is 10.1. The molecule has 0 bridgehead atoms. The van der Waals surface area contributed by atoms with Gasteiger partial charge in [0.2, 0.25) is 17.2 Å². The van der Waals surface area contributed by atoms with E-state index in [0.29, 0.717) is 49.1 Å². The number of hydrogen-bond acceptors (Lipinski definition) is 7. The molecule has 10 heteroatoms. The van der Waals surface area contributed by atoms with Crippen molar-refractivity contribution in [3.8, 4) is 11.8 Å². The Kier molecular flexibility index (Phi) is 5.32. The Hall–Kier alpha value is -2.74. The molecule has 0 saturated carbocycles. The highest BCUT2D eigenvalue weighted by atomic mass is 32.2. The van der Waals surface area contributed by atoms with Crippen LogP contribution in [0.2, 0.25) is 0 Å². The van der Waals surface area contributed by atoms with Crippen LogP contribution in [0, 0.1) is 18.8 Å². The van der Waals surface area contributed by atoms with Crippen molar-refractivity contribution in [1.82, 2.24) is 19.3 Å². The third-order valence-electron chi connectivity index (χ3n) is 3.97. The van der Waals surface area contributed by atoms with Crippen LogP contribution in [0.4, 0.5) is 17.6 Å². The van der Waals surface area contributed by atoms with Gasteiger partial charge in [-0.05, 0) is 19.1 Å². The molecule has 0 amide bonds. The number of aryl methyl sites for hydroxylation is 1. The van der Waals surface area contributed by atoms with Gasteiger partial charge in [-0.2, -0.15) is 9.29 Å². The molecule has 1 fully saturated rings. The normalized spacial score (nSPS) is 16.0. The summed E-state index contributed by atoms with van der Waals surface area (Å²) in [7, 11) is 0. The van der Waals surface area contributed by atoms with Crippen LogP contribution in [0.15, 0.2) is 18.3 Å². The molecule has 1 saturated heterocycles. The molecule has 9 nitrogen and oxygen atoms in total. The monoisotopic (exact) mass is 373 g/mol. The number of rotatable bonds is 2. The highest BCUT2D eigenvalue weighted by Crippen LogP contribution is 2.22. The van der Waals surface area contributed by atoms with E-state index in [1.807, 2.05) is 11.8 Å². The Morgan fingerprint density at radius 2 is 1.88 bits per heavy atom. The molecule has 2 aromatic heterocycles. The van der Waals surface area contributed by atoms with Gasteiger partial charge < -0.3 is 16.4 Å². The van der Waals surface area contributed by atoms with Gasteiger partial charge in [0.05, 0.1) is 11.3 Å². The number of piperazine rings is 1. The van der Waals surface area contributed by atoms with E-state index in [-0.39, 0.29) is 5.95 Å². The summed E-state index contributed by atoms with van der Waals surface area (Å²) in [6.07, 6.45) is 1.60. The molecule has 1 aliphatic heterocycles. The number of nitrogens with zero attached hydrogens (tertiary/aromatic N) is 5. The maximum absolute atomic E-state index is 11.2. The van der Waals surface area contributed by atoms with Crippen LogP contribution in [0.1, 0.15) is 16.8 Å². The Labute approximate surface area is 153 Å². The van der Waals surface area contributed by atoms with Crippen LogP contribution in [0.3, 0.4) is 0 Å². The summed E-state index contributed by atoms with van der Waals surface area (Å²) in [5.41, 5.74) is 13.5. The summed E-state index contributed by atoms with van der Waals surface area (Å²) in [6, 6.07) is 3.48. The van der Waals surface area contributed by atoms with Crippen LogP contribution in [0.25, 0.3) is 0 Å². The Morgan fingerprint density at radius 3 is 2.50 bits per heavy atom. The van der Waals surface area contributed by atoms with Gasteiger partial charge in [-0.25, -0.2) is 14.2 Å². The number of aromatic nitrogens is 3. The lowest BCUT2D eigenvalue weighted by molar-refractivity contribution is 0.372. The van der Waals surface area contributed by atoms with Crippen molar-refractivity contribution in [3.63, 3.8) is 0 Å².